The monoisotopic (exact) mass is 1040 g/mol. The Hall–Kier alpha value is -7.77. The number of H-pyrrole nitrogens is 1. The molecule has 0 saturated carbocycles. The van der Waals surface area contributed by atoms with Gasteiger partial charge in [0.15, 0.2) is 17.3 Å². The average Bonchev–Trinajstić information content (AvgIpc) is 4.14. The molecule has 3 radical (unpaired) electrons. The van der Waals surface area contributed by atoms with Crippen LogP contribution in [0.4, 0.5) is 10.5 Å². The van der Waals surface area contributed by atoms with Gasteiger partial charge in [-0.2, -0.15) is 5.10 Å². The number of nitrogens with two attached hydrogens (primary N) is 4. The third kappa shape index (κ3) is 28.1. The number of guanidine groups is 1. The zero-order valence-corrected chi connectivity index (χ0v) is 41.0. The minimum absolute atomic E-state index is 0. The lowest BCUT2D eigenvalue weighted by molar-refractivity contribution is -0.742. The normalized spacial score (nSPS) is 9.25. The van der Waals surface area contributed by atoms with Crippen molar-refractivity contribution >= 4 is 100 Å². The number of nitrogen functional groups attached to an aromatic ring is 1. The van der Waals surface area contributed by atoms with Crippen molar-refractivity contribution in [1.29, 1.82) is 0 Å². The first-order valence-corrected chi connectivity index (χ1v) is 22.6. The number of rotatable bonds is 10. The van der Waals surface area contributed by atoms with Crippen LogP contribution in [0.25, 0.3) is 15.5 Å². The van der Waals surface area contributed by atoms with Gasteiger partial charge in [-0.25, -0.2) is 4.85 Å². The Kier molecular flexibility index (Phi) is 35.5. The van der Waals surface area contributed by atoms with Gasteiger partial charge in [-0.15, -0.1) is 71.9 Å². The zero-order chi connectivity index (χ0) is 49.4. The number of allylic oxidation sites excluding steroid dienone is 2. The second-order valence-electron chi connectivity index (χ2n) is 12.2. The molecule has 7 heterocycles. The van der Waals surface area contributed by atoms with Gasteiger partial charge in [0, 0.05) is 62.6 Å². The van der Waals surface area contributed by atoms with Gasteiger partial charge in [0.1, 0.15) is 5.82 Å². The van der Waals surface area contributed by atoms with E-state index in [1.807, 2.05) is 94.4 Å². The lowest BCUT2D eigenvalue weighted by Gasteiger charge is -2.04. The Morgan fingerprint density at radius 1 is 0.870 bits per heavy atom. The van der Waals surface area contributed by atoms with Crippen molar-refractivity contribution in [3.05, 3.63) is 177 Å². The number of nitrogens with zero attached hydrogens (tertiary/aromatic N) is 7. The molecular weight excluding hydrogens is 991 g/mol. The molecule has 10 N–H and O–H groups in total. The molecule has 0 unspecified atom stereocenters. The maximum atomic E-state index is 11.7. The van der Waals surface area contributed by atoms with Gasteiger partial charge in [0.25, 0.3) is 5.09 Å². The predicted molar refractivity (Wildman–Crippen MR) is 279 cm³/mol. The van der Waals surface area contributed by atoms with Crippen molar-refractivity contribution in [2.75, 3.05) is 33.9 Å². The fraction of sp³-hybridized carbons (Fsp3) is 0.143. The second kappa shape index (κ2) is 37.3. The van der Waals surface area contributed by atoms with Crippen LogP contribution in [-0.2, 0) is 0 Å². The summed E-state index contributed by atoms with van der Waals surface area (Å²) in [5.41, 5.74) is 15.5. The van der Waals surface area contributed by atoms with Gasteiger partial charge in [0.2, 0.25) is 23.2 Å². The summed E-state index contributed by atoms with van der Waals surface area (Å²) in [7, 11) is 7.34. The summed E-state index contributed by atoms with van der Waals surface area (Å²) in [6.07, 6.45) is 7.95. The van der Waals surface area contributed by atoms with E-state index in [-0.39, 0.29) is 56.8 Å². The van der Waals surface area contributed by atoms with E-state index in [1.54, 1.807) is 73.9 Å². The first-order valence-electron chi connectivity index (χ1n) is 18.2. The number of hydrogen-bond acceptors (Lipinski definition) is 19. The van der Waals surface area contributed by atoms with Crippen molar-refractivity contribution in [2.24, 2.45) is 22.4 Å². The van der Waals surface area contributed by atoms with Crippen LogP contribution in [-0.4, -0.2) is 101 Å². The van der Waals surface area contributed by atoms with Crippen LogP contribution in [0, 0.1) is 16.7 Å². The Morgan fingerprint density at radius 3 is 1.70 bits per heavy atom. The predicted octanol–water partition coefficient (Wildman–Crippen LogP) is 8.34. The lowest BCUT2D eigenvalue weighted by Crippen LogP contribution is -2.23. The SMILES string of the molecule is C.CC(=O)c1cccs1.CN(C)/C=C/C(=O)c1cccs1.F.NN=C(N)N.Nc1[nH]ncc1C(=O)c1cccs1.O=[N+]([O-])O.[2HH].[B].[C-]#[N+]/C(=C\N(C)C)C(=O)c1cccs1.c1csc(-c2ccno2)c1. The molecule has 7 aromatic rings. The van der Waals surface area contributed by atoms with Crippen LogP contribution in [0.2, 0.25) is 0 Å². The molecule has 0 aliphatic heterocycles. The summed E-state index contributed by atoms with van der Waals surface area (Å²) in [6, 6.07) is 20.4. The number of hydrogen-bond donors (Lipinski definition) is 6. The van der Waals surface area contributed by atoms with Crippen LogP contribution in [0.5, 0.6) is 0 Å². The molecule has 27 heteroatoms. The highest BCUT2D eigenvalue weighted by molar-refractivity contribution is 7.13. The molecule has 7 aromatic heterocycles. The Labute approximate surface area is 421 Å². The van der Waals surface area contributed by atoms with E-state index in [1.165, 1.54) is 57.7 Å². The number of ketones is 4. The van der Waals surface area contributed by atoms with Gasteiger partial charge in [-0.1, -0.05) is 42.9 Å². The third-order valence-corrected chi connectivity index (χ3v) is 11.1. The van der Waals surface area contributed by atoms with Crippen molar-refractivity contribution in [3.8, 4) is 10.6 Å². The molecule has 0 atom stereocenters. The number of Topliss-reactive ketones (excluding diaryl/α,β-unsaturated/α-hetero) is 2. The van der Waals surface area contributed by atoms with E-state index in [0.29, 0.717) is 21.1 Å². The van der Waals surface area contributed by atoms with Crippen LogP contribution in [0.15, 0.2) is 140 Å². The maximum Gasteiger partial charge on any atom is 0.291 e. The van der Waals surface area contributed by atoms with Crippen LogP contribution < -0.4 is 23.0 Å². The minimum atomic E-state index is -1.50. The summed E-state index contributed by atoms with van der Waals surface area (Å²) in [5, 5.41) is 35.8. The molecular formula is C42H53BFN12O8S5. The smallest absolute Gasteiger partial charge is 0.291 e. The first kappa shape index (κ1) is 65.5. The molecule has 69 heavy (non-hydrogen) atoms. The Bertz CT molecular complexity index is 2540. The van der Waals surface area contributed by atoms with Gasteiger partial charge in [-0.3, -0.25) is 24.2 Å². The molecule has 0 saturated heterocycles. The number of aromatic amines is 1. The van der Waals surface area contributed by atoms with E-state index in [0.717, 1.165) is 20.4 Å². The van der Waals surface area contributed by atoms with Gasteiger partial charge in [0.05, 0.1) is 48.9 Å². The third-order valence-electron chi connectivity index (χ3n) is 6.64. The molecule has 0 aliphatic rings. The fourth-order valence-electron chi connectivity index (χ4n) is 3.89. The molecule has 20 nitrogen and oxygen atoms in total. The molecule has 7 rings (SSSR count). The van der Waals surface area contributed by atoms with E-state index in [2.05, 4.69) is 31.1 Å². The van der Waals surface area contributed by atoms with Crippen LogP contribution in [0.3, 0.4) is 0 Å². The number of aromatic nitrogens is 3. The van der Waals surface area contributed by atoms with Gasteiger partial charge in [-0.05, 0) is 64.2 Å². The standard InChI is InChI=1S/C10H10N2OS.C9H11NOS.C8H7N3OS.C7H5NOS.C6H6OS.CH6N4.CH4.B.FH.HNO3.H2/c1-11-8(7-12(2)3)10(13)9-5-4-6-14-9;1-10(2)6-5-8(11)9-4-3-7-12-9;9-8-5(4-10-11-8)7(12)6-2-1-3-13-6;1-2-7(10-5-1)6-3-4-8-9-6;1-5(7)6-3-2-4-8-6;2-1(3)5-4;;;;2-1(3)4;/h4-7H,2-3H3;3-7H,1-2H3;1-4H,(H3,9,10,11);1-5H;2-4H,1H3;4H2,(H4,2,3,5);1H4;;1H;(H,2,3,4);1H/b8-7-;6-5+;;;;;;;;;/i;;;;;;;;;;1+1. The van der Waals surface area contributed by atoms with Crippen molar-refractivity contribution in [3.63, 3.8) is 0 Å². The van der Waals surface area contributed by atoms with Crippen molar-refractivity contribution in [1.82, 2.24) is 25.2 Å². The Balaban J connectivity index is -0.000000370. The molecule has 0 spiro atoms. The summed E-state index contributed by atoms with van der Waals surface area (Å²) in [6.45, 7) is 8.48. The van der Waals surface area contributed by atoms with E-state index < -0.39 is 5.09 Å². The molecule has 0 amide bonds. The number of carbonyl (C=O) groups excluding carboxylic acids is 4. The topological polar surface area (TPSA) is 314 Å². The zero-order valence-electron chi connectivity index (χ0n) is 36.9. The maximum absolute atomic E-state index is 11.7. The largest absolute Gasteiger partial charge is 0.393 e. The molecule has 0 bridgehead atoms. The van der Waals surface area contributed by atoms with Gasteiger partial charge < -0.3 is 47.4 Å². The lowest BCUT2D eigenvalue weighted by atomic mass is 10.2. The quantitative estimate of drug-likeness (QED) is 0.00863. The van der Waals surface area contributed by atoms with Crippen molar-refractivity contribution < 1.29 is 40.1 Å². The van der Waals surface area contributed by atoms with E-state index in [9.17, 15) is 19.2 Å². The van der Waals surface area contributed by atoms with E-state index in [4.69, 9.17) is 43.6 Å². The van der Waals surface area contributed by atoms with Gasteiger partial charge >= 0.3 is 0 Å². The molecule has 0 aliphatic carbocycles. The van der Waals surface area contributed by atoms with Crippen molar-refractivity contribution in [2.45, 2.75) is 14.4 Å². The van der Waals surface area contributed by atoms with Crippen LogP contribution in [0.1, 0.15) is 60.0 Å². The number of anilines is 1. The fourth-order valence-corrected chi connectivity index (χ4v) is 7.20. The summed E-state index contributed by atoms with van der Waals surface area (Å²) < 4.78 is 4.94. The number of halogens is 1. The number of nitrogens with one attached hydrogen (secondary N) is 1. The number of carbonyl (C=O) groups is 4. The molecule has 369 valence electrons. The van der Waals surface area contributed by atoms with Crippen LogP contribution >= 0.6 is 56.7 Å². The first-order chi connectivity index (χ1) is 31.4. The highest BCUT2D eigenvalue weighted by Crippen LogP contribution is 2.23. The Morgan fingerprint density at radius 2 is 1.35 bits per heavy atom. The number of thiophene rings is 5. The minimum Gasteiger partial charge on any atom is -0.393 e. The summed E-state index contributed by atoms with van der Waals surface area (Å²) in [4.78, 5) is 64.3. The summed E-state index contributed by atoms with van der Waals surface area (Å²) in [5.74, 6) is 5.51. The highest BCUT2D eigenvalue weighted by atomic mass is 32.1. The number of hydrazone groups is 1. The average molecular weight is 1050 g/mol. The second-order valence-corrected chi connectivity index (χ2v) is 16.9. The summed E-state index contributed by atoms with van der Waals surface area (Å²) >= 11 is 7.33. The molecule has 0 aromatic carbocycles. The highest BCUT2D eigenvalue weighted by Gasteiger charge is 2.15. The van der Waals surface area contributed by atoms with E-state index >= 15 is 0 Å². The molecule has 0 fully saturated rings.